The van der Waals surface area contributed by atoms with Gasteiger partial charge in [0, 0.05) is 11.5 Å². The molecular formula is C15H15F2NO3. The molecule has 0 amide bonds. The Morgan fingerprint density at radius 2 is 1.86 bits per heavy atom. The molecule has 112 valence electrons. The Balaban J connectivity index is 2.20. The molecule has 0 aliphatic rings. The average Bonchev–Trinajstić information content (AvgIpc) is 2.69. The van der Waals surface area contributed by atoms with Gasteiger partial charge in [-0.05, 0) is 32.9 Å². The van der Waals surface area contributed by atoms with Crippen molar-refractivity contribution in [3.8, 4) is 0 Å². The van der Waals surface area contributed by atoms with E-state index in [1.807, 2.05) is 0 Å². The van der Waals surface area contributed by atoms with Crippen LogP contribution in [0.25, 0.3) is 10.9 Å². The molecule has 0 spiro atoms. The molecule has 0 saturated carbocycles. The van der Waals surface area contributed by atoms with Gasteiger partial charge >= 0.3 is 5.97 Å². The second-order valence-corrected chi connectivity index (χ2v) is 5.72. The van der Waals surface area contributed by atoms with Gasteiger partial charge in [-0.3, -0.25) is 9.59 Å². The molecule has 0 saturated heterocycles. The standard InChI is InChI=1S/C15H15F2NO3/c1-15(2,3)21-14(20)7-13(19)12-6-9-10(17)4-8(16)5-11(9)18-12/h4-6,18H,7H2,1-3H3. The summed E-state index contributed by atoms with van der Waals surface area (Å²) in [6, 6.07) is 3.08. The monoisotopic (exact) mass is 295 g/mol. The van der Waals surface area contributed by atoms with Crippen molar-refractivity contribution in [3.05, 3.63) is 35.5 Å². The average molecular weight is 295 g/mol. The molecule has 1 N–H and O–H groups in total. The molecule has 0 fully saturated rings. The van der Waals surface area contributed by atoms with E-state index in [-0.39, 0.29) is 16.6 Å². The fraction of sp³-hybridized carbons (Fsp3) is 0.333. The minimum atomic E-state index is -0.766. The molecule has 1 aromatic carbocycles. The summed E-state index contributed by atoms with van der Waals surface area (Å²) in [5, 5.41) is 0.101. The minimum absolute atomic E-state index is 0.0420. The molecule has 1 aromatic heterocycles. The van der Waals surface area contributed by atoms with E-state index in [1.54, 1.807) is 20.8 Å². The number of ketones is 1. The van der Waals surface area contributed by atoms with Gasteiger partial charge in [-0.25, -0.2) is 8.78 Å². The summed E-state index contributed by atoms with van der Waals surface area (Å²) >= 11 is 0. The Morgan fingerprint density at radius 1 is 1.19 bits per heavy atom. The number of aromatic nitrogens is 1. The van der Waals surface area contributed by atoms with Crippen LogP contribution in [-0.4, -0.2) is 22.3 Å². The maximum absolute atomic E-state index is 13.5. The van der Waals surface area contributed by atoms with Crippen molar-refractivity contribution in [2.75, 3.05) is 0 Å². The number of hydrogen-bond acceptors (Lipinski definition) is 3. The zero-order valence-electron chi connectivity index (χ0n) is 11.9. The molecule has 2 aromatic rings. The predicted molar refractivity (Wildman–Crippen MR) is 73.0 cm³/mol. The number of hydrogen-bond donors (Lipinski definition) is 1. The number of rotatable bonds is 3. The number of ether oxygens (including phenoxy) is 1. The van der Waals surface area contributed by atoms with Crippen molar-refractivity contribution in [1.82, 2.24) is 4.98 Å². The van der Waals surface area contributed by atoms with Crippen LogP contribution in [-0.2, 0) is 9.53 Å². The zero-order chi connectivity index (χ0) is 15.8. The second kappa shape index (κ2) is 5.27. The Bertz CT molecular complexity index is 714. The lowest BCUT2D eigenvalue weighted by atomic mass is 10.1. The molecule has 0 radical (unpaired) electrons. The number of benzene rings is 1. The molecular weight excluding hydrogens is 280 g/mol. The topological polar surface area (TPSA) is 59.2 Å². The van der Waals surface area contributed by atoms with Crippen molar-refractivity contribution < 1.29 is 23.1 Å². The highest BCUT2D eigenvalue weighted by molar-refractivity contribution is 6.07. The van der Waals surface area contributed by atoms with Crippen LogP contribution < -0.4 is 0 Å². The summed E-state index contributed by atoms with van der Waals surface area (Å²) < 4.78 is 31.7. The summed E-state index contributed by atoms with van der Waals surface area (Å²) in [4.78, 5) is 26.2. The van der Waals surface area contributed by atoms with Crippen LogP contribution >= 0.6 is 0 Å². The summed E-state index contributed by atoms with van der Waals surface area (Å²) in [5.74, 6) is -2.72. The molecule has 4 nitrogen and oxygen atoms in total. The van der Waals surface area contributed by atoms with Crippen molar-refractivity contribution in [2.24, 2.45) is 0 Å². The van der Waals surface area contributed by atoms with Crippen LogP contribution in [0.5, 0.6) is 0 Å². The Morgan fingerprint density at radius 3 is 2.48 bits per heavy atom. The number of carbonyl (C=O) groups excluding carboxylic acids is 2. The van der Waals surface area contributed by atoms with Crippen LogP contribution in [0.1, 0.15) is 37.7 Å². The lowest BCUT2D eigenvalue weighted by Gasteiger charge is -2.18. The first-order chi connectivity index (χ1) is 9.65. The summed E-state index contributed by atoms with van der Waals surface area (Å²) in [6.45, 7) is 5.07. The van der Waals surface area contributed by atoms with Gasteiger partial charge in [-0.2, -0.15) is 0 Å². The summed E-state index contributed by atoms with van der Waals surface area (Å²) in [6.07, 6.45) is -0.464. The van der Waals surface area contributed by atoms with Crippen molar-refractivity contribution in [1.29, 1.82) is 0 Å². The third kappa shape index (κ3) is 3.65. The van der Waals surface area contributed by atoms with Crippen LogP contribution in [0.4, 0.5) is 8.78 Å². The second-order valence-electron chi connectivity index (χ2n) is 5.72. The van der Waals surface area contributed by atoms with Crippen LogP contribution in [0.15, 0.2) is 18.2 Å². The fourth-order valence-electron chi connectivity index (χ4n) is 1.91. The first kappa shape index (κ1) is 15.2. The number of esters is 1. The Hall–Kier alpha value is -2.24. The molecule has 0 aliphatic carbocycles. The normalized spacial score (nSPS) is 11.7. The van der Waals surface area contributed by atoms with Crippen LogP contribution in [0.2, 0.25) is 0 Å². The van der Waals surface area contributed by atoms with E-state index in [0.717, 1.165) is 12.1 Å². The van der Waals surface area contributed by atoms with E-state index < -0.39 is 35.4 Å². The lowest BCUT2D eigenvalue weighted by Crippen LogP contribution is -2.25. The maximum atomic E-state index is 13.5. The number of carbonyl (C=O) groups is 2. The smallest absolute Gasteiger partial charge is 0.314 e. The maximum Gasteiger partial charge on any atom is 0.314 e. The van der Waals surface area contributed by atoms with Gasteiger partial charge in [-0.15, -0.1) is 0 Å². The molecule has 0 bridgehead atoms. The first-order valence-electron chi connectivity index (χ1n) is 6.38. The van der Waals surface area contributed by atoms with Gasteiger partial charge in [-0.1, -0.05) is 0 Å². The quantitative estimate of drug-likeness (QED) is 0.536. The predicted octanol–water partition coefficient (Wildman–Crippen LogP) is 3.36. The minimum Gasteiger partial charge on any atom is -0.460 e. The van der Waals surface area contributed by atoms with Crippen LogP contribution in [0.3, 0.4) is 0 Å². The largest absolute Gasteiger partial charge is 0.460 e. The van der Waals surface area contributed by atoms with Gasteiger partial charge < -0.3 is 9.72 Å². The third-order valence-corrected chi connectivity index (χ3v) is 2.68. The zero-order valence-corrected chi connectivity index (χ0v) is 11.9. The molecule has 0 atom stereocenters. The van der Waals surface area contributed by atoms with Crippen molar-refractivity contribution in [3.63, 3.8) is 0 Å². The van der Waals surface area contributed by atoms with E-state index in [4.69, 9.17) is 4.74 Å². The molecule has 0 aliphatic heterocycles. The van der Waals surface area contributed by atoms with Gasteiger partial charge in [0.1, 0.15) is 23.7 Å². The van der Waals surface area contributed by atoms with E-state index >= 15 is 0 Å². The third-order valence-electron chi connectivity index (χ3n) is 2.68. The Labute approximate surface area is 120 Å². The number of Topliss-reactive ketones (excluding diaryl/α,β-unsaturated/α-hetero) is 1. The van der Waals surface area contributed by atoms with Gasteiger partial charge in [0.25, 0.3) is 0 Å². The Kier molecular flexibility index (Phi) is 3.80. The van der Waals surface area contributed by atoms with E-state index in [2.05, 4.69) is 4.98 Å². The number of H-pyrrole nitrogens is 1. The summed E-state index contributed by atoms with van der Waals surface area (Å²) in [7, 11) is 0. The highest BCUT2D eigenvalue weighted by Crippen LogP contribution is 2.21. The van der Waals surface area contributed by atoms with Gasteiger partial charge in [0.05, 0.1) is 11.2 Å². The molecule has 21 heavy (non-hydrogen) atoms. The molecule has 6 heteroatoms. The highest BCUT2D eigenvalue weighted by atomic mass is 19.1. The molecule has 1 heterocycles. The van der Waals surface area contributed by atoms with Gasteiger partial charge in [0.15, 0.2) is 5.78 Å². The van der Waals surface area contributed by atoms with E-state index in [1.165, 1.54) is 6.07 Å². The molecule has 2 rings (SSSR count). The van der Waals surface area contributed by atoms with Gasteiger partial charge in [0.2, 0.25) is 0 Å². The number of fused-ring (bicyclic) bond motifs is 1. The molecule has 0 unspecified atom stereocenters. The van der Waals surface area contributed by atoms with Crippen molar-refractivity contribution in [2.45, 2.75) is 32.8 Å². The van der Waals surface area contributed by atoms with E-state index in [9.17, 15) is 18.4 Å². The number of halogens is 2. The SMILES string of the molecule is CC(C)(C)OC(=O)CC(=O)c1cc2c(F)cc(F)cc2[nH]1. The van der Waals surface area contributed by atoms with Crippen molar-refractivity contribution >= 4 is 22.7 Å². The van der Waals surface area contributed by atoms with Crippen LogP contribution in [0, 0.1) is 11.6 Å². The number of nitrogens with one attached hydrogen (secondary N) is 1. The first-order valence-corrected chi connectivity index (χ1v) is 6.38. The van der Waals surface area contributed by atoms with E-state index in [0.29, 0.717) is 0 Å². The fourth-order valence-corrected chi connectivity index (χ4v) is 1.91. The number of aromatic amines is 1. The lowest BCUT2D eigenvalue weighted by molar-refractivity contribution is -0.153. The highest BCUT2D eigenvalue weighted by Gasteiger charge is 2.21. The summed E-state index contributed by atoms with van der Waals surface area (Å²) in [5.41, 5.74) is -0.479.